The fourth-order valence-electron chi connectivity index (χ4n) is 2.38. The molecule has 0 aliphatic heterocycles. The molecule has 0 spiro atoms. The summed E-state index contributed by atoms with van der Waals surface area (Å²) in [6.07, 6.45) is 3.15. The lowest BCUT2D eigenvalue weighted by molar-refractivity contribution is 0.0999. The lowest BCUT2D eigenvalue weighted by Gasteiger charge is -2.15. The summed E-state index contributed by atoms with van der Waals surface area (Å²) in [4.78, 5) is 23.8. The van der Waals surface area contributed by atoms with Gasteiger partial charge < -0.3 is 15.6 Å². The molecule has 0 radical (unpaired) electrons. The third kappa shape index (κ3) is 3.33. The Morgan fingerprint density at radius 3 is 2.67 bits per heavy atom. The van der Waals surface area contributed by atoms with Gasteiger partial charge in [-0.05, 0) is 37.0 Å². The van der Waals surface area contributed by atoms with Crippen LogP contribution >= 0.6 is 15.9 Å². The standard InChI is InChI=1S/C16H14BrF2N3O2/c17-9-3-4-12(11(18)5-9)21-14-10(15(20)23)7-22(6-8-1-2-8)16(24)13(14)19/h3-5,7-8,21H,1-2,6H2,(H2,20,23). The lowest BCUT2D eigenvalue weighted by Crippen LogP contribution is -2.28. The summed E-state index contributed by atoms with van der Waals surface area (Å²) < 4.78 is 30.1. The molecular formula is C16H14BrF2N3O2. The van der Waals surface area contributed by atoms with Crippen LogP contribution in [0.25, 0.3) is 0 Å². The second kappa shape index (κ2) is 6.35. The second-order valence-corrected chi connectivity index (χ2v) is 6.66. The third-order valence-corrected chi connectivity index (χ3v) is 4.32. The number of hydrogen-bond acceptors (Lipinski definition) is 3. The molecule has 0 atom stereocenters. The first-order valence-electron chi connectivity index (χ1n) is 7.31. The summed E-state index contributed by atoms with van der Waals surface area (Å²) >= 11 is 3.11. The number of nitrogens with one attached hydrogen (secondary N) is 1. The maximum atomic E-state index is 14.5. The smallest absolute Gasteiger partial charge is 0.288 e. The van der Waals surface area contributed by atoms with Crippen LogP contribution in [-0.4, -0.2) is 10.5 Å². The van der Waals surface area contributed by atoms with Crippen molar-refractivity contribution in [2.24, 2.45) is 11.7 Å². The zero-order chi connectivity index (χ0) is 17.4. The van der Waals surface area contributed by atoms with Gasteiger partial charge in [-0.25, -0.2) is 4.39 Å². The van der Waals surface area contributed by atoms with Crippen LogP contribution in [0.1, 0.15) is 23.2 Å². The van der Waals surface area contributed by atoms with E-state index in [0.717, 1.165) is 17.4 Å². The van der Waals surface area contributed by atoms with Crippen molar-refractivity contribution in [2.75, 3.05) is 5.32 Å². The highest BCUT2D eigenvalue weighted by Gasteiger charge is 2.25. The van der Waals surface area contributed by atoms with Crippen LogP contribution < -0.4 is 16.6 Å². The molecule has 1 aromatic carbocycles. The number of nitrogens with two attached hydrogens (primary N) is 1. The van der Waals surface area contributed by atoms with Crippen molar-refractivity contribution in [1.29, 1.82) is 0 Å². The SMILES string of the molecule is NC(=O)c1cn(CC2CC2)c(=O)c(F)c1Nc1ccc(Br)cc1F. The predicted molar refractivity (Wildman–Crippen MR) is 89.3 cm³/mol. The van der Waals surface area contributed by atoms with Gasteiger partial charge in [0.1, 0.15) is 5.82 Å². The Morgan fingerprint density at radius 1 is 1.38 bits per heavy atom. The van der Waals surface area contributed by atoms with E-state index in [9.17, 15) is 18.4 Å². The quantitative estimate of drug-likeness (QED) is 0.813. The van der Waals surface area contributed by atoms with Crippen LogP contribution in [0.2, 0.25) is 0 Å². The van der Waals surface area contributed by atoms with Crippen molar-refractivity contribution in [3.05, 3.63) is 56.4 Å². The van der Waals surface area contributed by atoms with Crippen LogP contribution in [0.5, 0.6) is 0 Å². The first-order chi connectivity index (χ1) is 11.4. The van der Waals surface area contributed by atoms with E-state index in [-0.39, 0.29) is 11.3 Å². The van der Waals surface area contributed by atoms with Crippen LogP contribution in [0.3, 0.4) is 0 Å². The number of carbonyl (C=O) groups excluding carboxylic acids is 1. The fraction of sp³-hybridized carbons (Fsp3) is 0.250. The van der Waals surface area contributed by atoms with E-state index < -0.39 is 28.8 Å². The zero-order valence-corrected chi connectivity index (χ0v) is 14.1. The van der Waals surface area contributed by atoms with E-state index in [2.05, 4.69) is 21.2 Å². The van der Waals surface area contributed by atoms with Crippen LogP contribution in [-0.2, 0) is 6.54 Å². The van der Waals surface area contributed by atoms with Gasteiger partial charge in [0, 0.05) is 17.2 Å². The van der Waals surface area contributed by atoms with E-state index in [4.69, 9.17) is 5.73 Å². The van der Waals surface area contributed by atoms with E-state index >= 15 is 0 Å². The first-order valence-corrected chi connectivity index (χ1v) is 8.11. The van der Waals surface area contributed by atoms with Crippen molar-refractivity contribution < 1.29 is 13.6 Å². The molecule has 5 nitrogen and oxygen atoms in total. The molecule has 24 heavy (non-hydrogen) atoms. The molecule has 2 aromatic rings. The molecule has 3 rings (SSSR count). The highest BCUT2D eigenvalue weighted by Crippen LogP contribution is 2.31. The largest absolute Gasteiger partial charge is 0.365 e. The van der Waals surface area contributed by atoms with Gasteiger partial charge in [-0.3, -0.25) is 9.59 Å². The molecular weight excluding hydrogens is 384 g/mol. The first kappa shape index (κ1) is 16.6. The van der Waals surface area contributed by atoms with E-state index in [1.807, 2.05) is 0 Å². The predicted octanol–water partition coefficient (Wildman–Crippen LogP) is 3.14. The summed E-state index contributed by atoms with van der Waals surface area (Å²) in [7, 11) is 0. The Bertz CT molecular complexity index is 878. The normalized spacial score (nSPS) is 13.8. The summed E-state index contributed by atoms with van der Waals surface area (Å²) in [5.74, 6) is -2.42. The highest BCUT2D eigenvalue weighted by atomic mass is 79.9. The fourth-order valence-corrected chi connectivity index (χ4v) is 2.71. The Hall–Kier alpha value is -2.22. The van der Waals surface area contributed by atoms with Crippen molar-refractivity contribution >= 4 is 33.2 Å². The number of primary amides is 1. The molecule has 0 bridgehead atoms. The molecule has 1 aromatic heterocycles. The number of aromatic nitrogens is 1. The number of pyridine rings is 1. The molecule has 1 aliphatic rings. The molecule has 8 heteroatoms. The van der Waals surface area contributed by atoms with Gasteiger partial charge in [-0.15, -0.1) is 0 Å². The molecule has 1 saturated carbocycles. The molecule has 1 fully saturated rings. The summed E-state index contributed by atoms with van der Waals surface area (Å²) in [6.45, 7) is 0.336. The minimum atomic E-state index is -1.16. The zero-order valence-electron chi connectivity index (χ0n) is 12.5. The number of carbonyl (C=O) groups is 1. The molecule has 0 saturated heterocycles. The number of hydrogen-bond donors (Lipinski definition) is 2. The summed E-state index contributed by atoms with van der Waals surface area (Å²) in [6, 6.07) is 4.08. The van der Waals surface area contributed by atoms with Crippen LogP contribution in [0.15, 0.2) is 33.7 Å². The average Bonchev–Trinajstić information content (AvgIpc) is 3.32. The van der Waals surface area contributed by atoms with Crippen molar-refractivity contribution in [3.63, 3.8) is 0 Å². The maximum absolute atomic E-state index is 14.5. The highest BCUT2D eigenvalue weighted by molar-refractivity contribution is 9.10. The van der Waals surface area contributed by atoms with E-state index in [0.29, 0.717) is 16.9 Å². The Morgan fingerprint density at radius 2 is 2.08 bits per heavy atom. The second-order valence-electron chi connectivity index (χ2n) is 5.75. The van der Waals surface area contributed by atoms with Gasteiger partial charge in [-0.2, -0.15) is 4.39 Å². The molecule has 3 N–H and O–H groups in total. The van der Waals surface area contributed by atoms with Gasteiger partial charge in [0.25, 0.3) is 11.5 Å². The van der Waals surface area contributed by atoms with Gasteiger partial charge in [0.2, 0.25) is 5.82 Å². The number of amides is 1. The minimum absolute atomic E-state index is 0.0704. The van der Waals surface area contributed by atoms with Gasteiger partial charge >= 0.3 is 0 Å². The van der Waals surface area contributed by atoms with Crippen molar-refractivity contribution in [3.8, 4) is 0 Å². The number of benzene rings is 1. The van der Waals surface area contributed by atoms with Crippen LogP contribution in [0.4, 0.5) is 20.2 Å². The molecule has 1 amide bonds. The topological polar surface area (TPSA) is 77.1 Å². The Labute approximate surface area is 144 Å². The summed E-state index contributed by atoms with van der Waals surface area (Å²) in [5.41, 5.74) is 3.75. The monoisotopic (exact) mass is 397 g/mol. The van der Waals surface area contributed by atoms with Gasteiger partial charge in [0.05, 0.1) is 16.9 Å². The number of nitrogens with zero attached hydrogens (tertiary/aromatic N) is 1. The number of rotatable bonds is 5. The summed E-state index contributed by atoms with van der Waals surface area (Å²) in [5, 5.41) is 2.47. The molecule has 1 heterocycles. The minimum Gasteiger partial charge on any atom is -0.365 e. The Kier molecular flexibility index (Phi) is 4.40. The number of halogens is 3. The average molecular weight is 398 g/mol. The number of anilines is 2. The van der Waals surface area contributed by atoms with Crippen molar-refractivity contribution in [1.82, 2.24) is 4.57 Å². The van der Waals surface area contributed by atoms with Gasteiger partial charge in [-0.1, -0.05) is 15.9 Å². The Balaban J connectivity index is 2.06. The molecule has 1 aliphatic carbocycles. The molecule has 126 valence electrons. The van der Waals surface area contributed by atoms with E-state index in [1.165, 1.54) is 18.3 Å². The maximum Gasteiger partial charge on any atom is 0.288 e. The van der Waals surface area contributed by atoms with Crippen LogP contribution in [0, 0.1) is 17.6 Å². The van der Waals surface area contributed by atoms with E-state index in [1.54, 1.807) is 6.07 Å². The molecule has 0 unspecified atom stereocenters. The van der Waals surface area contributed by atoms with Gasteiger partial charge in [0.15, 0.2) is 0 Å². The lowest BCUT2D eigenvalue weighted by atomic mass is 10.2. The van der Waals surface area contributed by atoms with Crippen molar-refractivity contribution in [2.45, 2.75) is 19.4 Å². The third-order valence-electron chi connectivity index (χ3n) is 3.83.